The predicted octanol–water partition coefficient (Wildman–Crippen LogP) is 0.859. The summed E-state index contributed by atoms with van der Waals surface area (Å²) in [6.45, 7) is 3.50. The Morgan fingerprint density at radius 2 is 1.90 bits per heavy atom. The summed E-state index contributed by atoms with van der Waals surface area (Å²) in [5, 5.41) is 8.57. The molecule has 0 bridgehead atoms. The van der Waals surface area contributed by atoms with Crippen LogP contribution in [0.3, 0.4) is 0 Å². The van der Waals surface area contributed by atoms with Crippen LogP contribution < -0.4 is 0 Å². The van der Waals surface area contributed by atoms with Gasteiger partial charge in [-0.05, 0) is 26.0 Å². The van der Waals surface area contributed by atoms with Gasteiger partial charge in [-0.25, -0.2) is 13.2 Å². The normalized spacial score (nSPS) is 18.5. The minimum Gasteiger partial charge on any atom is -0.480 e. The molecule has 0 aromatic heterocycles. The molecule has 6 nitrogen and oxygen atoms in total. The molecular formula is C13H17NO5S. The zero-order chi connectivity index (χ0) is 15.0. The van der Waals surface area contributed by atoms with Gasteiger partial charge in [0, 0.05) is 13.1 Å². The van der Waals surface area contributed by atoms with Crippen LogP contribution in [-0.4, -0.2) is 49.1 Å². The first kappa shape index (κ1) is 15.0. The number of carboxylic acid groups (broad SMARTS) is 1. The topological polar surface area (TPSA) is 83.9 Å². The van der Waals surface area contributed by atoms with Crippen molar-refractivity contribution in [2.75, 3.05) is 19.7 Å². The summed E-state index contributed by atoms with van der Waals surface area (Å²) in [6, 6.07) is 6.62. The van der Waals surface area contributed by atoms with E-state index >= 15 is 0 Å². The van der Waals surface area contributed by atoms with Gasteiger partial charge in [0.1, 0.15) is 6.61 Å². The standard InChI is InChI=1S/C13H17NO5S/c1-10-3-5-11(6-4-10)20(17,18)14-8-13(2,9-14)19-7-12(15)16/h3-6H,7-9H2,1-2H3,(H,15,16). The number of carbonyl (C=O) groups is 1. The predicted molar refractivity (Wildman–Crippen MR) is 71.9 cm³/mol. The van der Waals surface area contributed by atoms with Crippen molar-refractivity contribution in [1.82, 2.24) is 4.31 Å². The van der Waals surface area contributed by atoms with Crippen molar-refractivity contribution in [3.05, 3.63) is 29.8 Å². The first-order valence-electron chi connectivity index (χ1n) is 6.16. The van der Waals surface area contributed by atoms with E-state index in [-0.39, 0.29) is 18.0 Å². The lowest BCUT2D eigenvalue weighted by molar-refractivity contribution is -0.157. The Morgan fingerprint density at radius 1 is 1.35 bits per heavy atom. The summed E-state index contributed by atoms with van der Waals surface area (Å²) in [5.41, 5.74) is 0.262. The molecule has 110 valence electrons. The Bertz CT molecular complexity index is 602. The van der Waals surface area contributed by atoms with Crippen molar-refractivity contribution >= 4 is 16.0 Å². The first-order chi connectivity index (χ1) is 9.23. The number of hydrogen-bond acceptors (Lipinski definition) is 4. The van der Waals surface area contributed by atoms with Gasteiger partial charge in [-0.2, -0.15) is 4.31 Å². The molecule has 1 N–H and O–H groups in total. The number of aryl methyl sites for hydroxylation is 1. The second-order valence-corrected chi connectivity index (χ2v) is 7.16. The molecule has 1 aliphatic heterocycles. The number of nitrogens with zero attached hydrogens (tertiary/aromatic N) is 1. The van der Waals surface area contributed by atoms with Crippen molar-refractivity contribution in [3.63, 3.8) is 0 Å². The van der Waals surface area contributed by atoms with Crippen LogP contribution in [0.5, 0.6) is 0 Å². The van der Waals surface area contributed by atoms with E-state index in [9.17, 15) is 13.2 Å². The molecule has 0 atom stereocenters. The second-order valence-electron chi connectivity index (χ2n) is 5.22. The van der Waals surface area contributed by atoms with Gasteiger partial charge in [0.25, 0.3) is 0 Å². The Labute approximate surface area is 118 Å². The summed E-state index contributed by atoms with van der Waals surface area (Å²) in [4.78, 5) is 10.7. The number of ether oxygens (including phenoxy) is 1. The zero-order valence-corrected chi connectivity index (χ0v) is 12.2. The summed E-state index contributed by atoms with van der Waals surface area (Å²) in [7, 11) is -3.52. The minimum atomic E-state index is -3.52. The van der Waals surface area contributed by atoms with E-state index in [1.807, 2.05) is 6.92 Å². The third-order valence-electron chi connectivity index (χ3n) is 3.22. The zero-order valence-electron chi connectivity index (χ0n) is 11.4. The van der Waals surface area contributed by atoms with E-state index in [0.717, 1.165) is 5.56 Å². The molecule has 1 aliphatic rings. The minimum absolute atomic E-state index is 0.163. The quantitative estimate of drug-likeness (QED) is 0.871. The smallest absolute Gasteiger partial charge is 0.329 e. The summed E-state index contributed by atoms with van der Waals surface area (Å²) >= 11 is 0. The third kappa shape index (κ3) is 3.00. The van der Waals surface area contributed by atoms with Gasteiger partial charge in [0.05, 0.1) is 10.5 Å². The lowest BCUT2D eigenvalue weighted by atomic mass is 10.0. The van der Waals surface area contributed by atoms with Crippen molar-refractivity contribution < 1.29 is 23.1 Å². The van der Waals surface area contributed by atoms with E-state index < -0.39 is 28.2 Å². The maximum atomic E-state index is 12.3. The fourth-order valence-corrected chi connectivity index (χ4v) is 3.72. The van der Waals surface area contributed by atoms with Crippen molar-refractivity contribution in [3.8, 4) is 0 Å². The highest BCUT2D eigenvalue weighted by molar-refractivity contribution is 7.89. The Morgan fingerprint density at radius 3 is 2.40 bits per heavy atom. The molecule has 0 saturated carbocycles. The molecule has 0 aliphatic carbocycles. The average molecular weight is 299 g/mol. The molecule has 0 amide bonds. The van der Waals surface area contributed by atoms with Gasteiger partial charge in [-0.1, -0.05) is 17.7 Å². The van der Waals surface area contributed by atoms with Crippen LogP contribution in [0.25, 0.3) is 0 Å². The van der Waals surface area contributed by atoms with Crippen LogP contribution in [0, 0.1) is 6.92 Å². The van der Waals surface area contributed by atoms with E-state index in [2.05, 4.69) is 0 Å². The Hall–Kier alpha value is -1.44. The van der Waals surface area contributed by atoms with E-state index in [1.54, 1.807) is 31.2 Å². The Balaban J connectivity index is 2.04. The fourth-order valence-electron chi connectivity index (χ4n) is 2.06. The monoisotopic (exact) mass is 299 g/mol. The molecule has 1 aromatic carbocycles. The van der Waals surface area contributed by atoms with E-state index in [0.29, 0.717) is 0 Å². The molecule has 7 heteroatoms. The highest BCUT2D eigenvalue weighted by Crippen LogP contribution is 2.30. The van der Waals surface area contributed by atoms with E-state index in [1.165, 1.54) is 4.31 Å². The molecule has 1 aromatic rings. The van der Waals surface area contributed by atoms with Crippen LogP contribution >= 0.6 is 0 Å². The molecule has 20 heavy (non-hydrogen) atoms. The van der Waals surface area contributed by atoms with Crippen LogP contribution in [0.2, 0.25) is 0 Å². The van der Waals surface area contributed by atoms with Gasteiger partial charge in [0.15, 0.2) is 0 Å². The SMILES string of the molecule is Cc1ccc(S(=O)(=O)N2CC(C)(OCC(=O)O)C2)cc1. The maximum Gasteiger partial charge on any atom is 0.329 e. The highest BCUT2D eigenvalue weighted by atomic mass is 32.2. The summed E-state index contributed by atoms with van der Waals surface area (Å²) in [6.07, 6.45) is 0. The van der Waals surface area contributed by atoms with Gasteiger partial charge in [-0.3, -0.25) is 0 Å². The Kier molecular flexibility index (Phi) is 3.86. The lowest BCUT2D eigenvalue weighted by Crippen LogP contribution is -2.63. The van der Waals surface area contributed by atoms with Gasteiger partial charge in [-0.15, -0.1) is 0 Å². The molecule has 0 unspecified atom stereocenters. The van der Waals surface area contributed by atoms with Crippen LogP contribution in [0.4, 0.5) is 0 Å². The number of benzene rings is 1. The second kappa shape index (κ2) is 5.16. The number of hydrogen-bond donors (Lipinski definition) is 1. The third-order valence-corrected chi connectivity index (χ3v) is 5.03. The summed E-state index contributed by atoms with van der Waals surface area (Å²) in [5.74, 6) is -1.06. The van der Waals surface area contributed by atoms with Crippen molar-refractivity contribution in [2.24, 2.45) is 0 Å². The fraction of sp³-hybridized carbons (Fsp3) is 0.462. The van der Waals surface area contributed by atoms with Crippen molar-refractivity contribution in [1.29, 1.82) is 0 Å². The molecule has 1 saturated heterocycles. The van der Waals surface area contributed by atoms with Crippen molar-refractivity contribution in [2.45, 2.75) is 24.3 Å². The first-order valence-corrected chi connectivity index (χ1v) is 7.60. The molecule has 2 rings (SSSR count). The number of rotatable bonds is 5. The van der Waals surface area contributed by atoms with E-state index in [4.69, 9.17) is 9.84 Å². The van der Waals surface area contributed by atoms with Gasteiger partial charge in [0.2, 0.25) is 10.0 Å². The van der Waals surface area contributed by atoms with Crippen LogP contribution in [0.1, 0.15) is 12.5 Å². The summed E-state index contributed by atoms with van der Waals surface area (Å²) < 4.78 is 31.1. The lowest BCUT2D eigenvalue weighted by Gasteiger charge is -2.46. The van der Waals surface area contributed by atoms with Crippen LogP contribution in [0.15, 0.2) is 29.2 Å². The van der Waals surface area contributed by atoms with Gasteiger partial charge < -0.3 is 9.84 Å². The molecular weight excluding hydrogens is 282 g/mol. The number of carboxylic acids is 1. The van der Waals surface area contributed by atoms with Crippen LogP contribution in [-0.2, 0) is 19.6 Å². The number of sulfonamides is 1. The number of aliphatic carboxylic acids is 1. The molecule has 1 fully saturated rings. The largest absolute Gasteiger partial charge is 0.480 e. The maximum absolute atomic E-state index is 12.3. The molecule has 0 spiro atoms. The average Bonchev–Trinajstić information content (AvgIpc) is 2.33. The molecule has 1 heterocycles. The highest BCUT2D eigenvalue weighted by Gasteiger charge is 2.46. The molecule has 0 radical (unpaired) electrons. The van der Waals surface area contributed by atoms with Gasteiger partial charge >= 0.3 is 5.97 Å².